The van der Waals surface area contributed by atoms with Gasteiger partial charge in [-0.05, 0) is 23.9 Å². The molecular formula is C13H15NOS. The third-order valence-corrected chi connectivity index (χ3v) is 4.20. The highest BCUT2D eigenvalue weighted by Crippen LogP contribution is 2.27. The van der Waals surface area contributed by atoms with Crippen LogP contribution in [0.5, 0.6) is 0 Å². The van der Waals surface area contributed by atoms with Crippen molar-refractivity contribution in [2.75, 3.05) is 13.1 Å². The van der Waals surface area contributed by atoms with Crippen LogP contribution in [-0.2, 0) is 6.54 Å². The number of aliphatic hydroxyl groups is 1. The van der Waals surface area contributed by atoms with Crippen LogP contribution >= 0.6 is 11.3 Å². The summed E-state index contributed by atoms with van der Waals surface area (Å²) in [7, 11) is 0. The molecule has 0 unspecified atom stereocenters. The van der Waals surface area contributed by atoms with Crippen molar-refractivity contribution in [3.05, 3.63) is 35.2 Å². The Morgan fingerprint density at radius 3 is 3.00 bits per heavy atom. The van der Waals surface area contributed by atoms with Crippen LogP contribution in [-0.4, -0.2) is 29.2 Å². The summed E-state index contributed by atoms with van der Waals surface area (Å²) < 4.78 is 1.36. The second kappa shape index (κ2) is 4.17. The largest absolute Gasteiger partial charge is 0.392 e. The molecule has 1 aliphatic rings. The highest BCUT2D eigenvalue weighted by molar-refractivity contribution is 7.19. The standard InChI is InChI=1S/C13H15NOS/c15-11-5-6-14(8-11)9-12-7-10-3-1-2-4-13(10)16-12/h1-4,7,11,15H,5-6,8-9H2/t11-/m0/s1. The number of rotatable bonds is 2. The molecule has 16 heavy (non-hydrogen) atoms. The molecule has 0 saturated carbocycles. The van der Waals surface area contributed by atoms with E-state index in [4.69, 9.17) is 0 Å². The SMILES string of the molecule is O[C@H]1CCN(Cc2cc3ccccc3s2)C1. The number of benzene rings is 1. The zero-order valence-electron chi connectivity index (χ0n) is 9.10. The number of fused-ring (bicyclic) bond motifs is 1. The predicted molar refractivity (Wildman–Crippen MR) is 67.7 cm³/mol. The Balaban J connectivity index is 1.79. The molecule has 2 heterocycles. The van der Waals surface area contributed by atoms with E-state index in [0.717, 1.165) is 26.1 Å². The van der Waals surface area contributed by atoms with E-state index in [2.05, 4.69) is 35.2 Å². The van der Waals surface area contributed by atoms with Crippen LogP contribution in [0.25, 0.3) is 10.1 Å². The van der Waals surface area contributed by atoms with E-state index in [-0.39, 0.29) is 6.10 Å². The van der Waals surface area contributed by atoms with E-state index in [1.807, 2.05) is 11.3 Å². The maximum atomic E-state index is 9.48. The van der Waals surface area contributed by atoms with Gasteiger partial charge in [-0.3, -0.25) is 4.90 Å². The van der Waals surface area contributed by atoms with Crippen LogP contribution in [0.4, 0.5) is 0 Å². The summed E-state index contributed by atoms with van der Waals surface area (Å²) in [6.45, 7) is 2.83. The molecule has 0 amide bonds. The van der Waals surface area contributed by atoms with Crippen molar-refractivity contribution in [3.63, 3.8) is 0 Å². The fraction of sp³-hybridized carbons (Fsp3) is 0.385. The van der Waals surface area contributed by atoms with E-state index < -0.39 is 0 Å². The van der Waals surface area contributed by atoms with Gasteiger partial charge in [0.15, 0.2) is 0 Å². The molecule has 1 saturated heterocycles. The fourth-order valence-electron chi connectivity index (χ4n) is 2.29. The van der Waals surface area contributed by atoms with Gasteiger partial charge < -0.3 is 5.11 Å². The molecular weight excluding hydrogens is 218 g/mol. The van der Waals surface area contributed by atoms with Gasteiger partial charge >= 0.3 is 0 Å². The first kappa shape index (κ1) is 10.3. The first-order chi connectivity index (χ1) is 7.81. The number of nitrogens with zero attached hydrogens (tertiary/aromatic N) is 1. The van der Waals surface area contributed by atoms with Crippen LogP contribution in [0.2, 0.25) is 0 Å². The summed E-state index contributed by atoms with van der Waals surface area (Å²) >= 11 is 1.86. The van der Waals surface area contributed by atoms with Crippen molar-refractivity contribution in [3.8, 4) is 0 Å². The molecule has 1 aromatic heterocycles. The second-order valence-electron chi connectivity index (χ2n) is 4.43. The normalized spacial score (nSPS) is 21.9. The third kappa shape index (κ3) is 1.98. The van der Waals surface area contributed by atoms with Crippen LogP contribution in [0.1, 0.15) is 11.3 Å². The summed E-state index contributed by atoms with van der Waals surface area (Å²) in [5.74, 6) is 0. The summed E-state index contributed by atoms with van der Waals surface area (Å²) in [5, 5.41) is 10.8. The highest BCUT2D eigenvalue weighted by atomic mass is 32.1. The quantitative estimate of drug-likeness (QED) is 0.861. The second-order valence-corrected chi connectivity index (χ2v) is 5.60. The maximum Gasteiger partial charge on any atom is 0.0679 e. The summed E-state index contributed by atoms with van der Waals surface area (Å²) in [5.41, 5.74) is 0. The van der Waals surface area contributed by atoms with Gasteiger partial charge in [-0.25, -0.2) is 0 Å². The average Bonchev–Trinajstić information content (AvgIpc) is 2.84. The van der Waals surface area contributed by atoms with E-state index in [1.165, 1.54) is 15.0 Å². The lowest BCUT2D eigenvalue weighted by molar-refractivity contribution is 0.175. The Kier molecular flexibility index (Phi) is 2.67. The summed E-state index contributed by atoms with van der Waals surface area (Å²) in [6, 6.07) is 10.8. The van der Waals surface area contributed by atoms with Crippen molar-refractivity contribution < 1.29 is 5.11 Å². The molecule has 0 spiro atoms. The predicted octanol–water partition coefficient (Wildman–Crippen LogP) is 2.47. The Bertz CT molecular complexity index is 460. The molecule has 1 N–H and O–H groups in total. The summed E-state index contributed by atoms with van der Waals surface area (Å²) in [6.07, 6.45) is 0.805. The minimum absolute atomic E-state index is 0.116. The van der Waals surface area contributed by atoms with Gasteiger partial charge in [0, 0.05) is 29.2 Å². The van der Waals surface area contributed by atoms with Gasteiger partial charge in [-0.1, -0.05) is 18.2 Å². The smallest absolute Gasteiger partial charge is 0.0679 e. The van der Waals surface area contributed by atoms with E-state index in [0.29, 0.717) is 0 Å². The van der Waals surface area contributed by atoms with Gasteiger partial charge in [0.1, 0.15) is 0 Å². The molecule has 1 aliphatic heterocycles. The minimum Gasteiger partial charge on any atom is -0.392 e. The summed E-state index contributed by atoms with van der Waals surface area (Å²) in [4.78, 5) is 3.73. The molecule has 0 radical (unpaired) electrons. The number of likely N-dealkylation sites (tertiary alicyclic amines) is 1. The molecule has 2 nitrogen and oxygen atoms in total. The van der Waals surface area contributed by atoms with Gasteiger partial charge in [-0.15, -0.1) is 11.3 Å². The number of hydrogen-bond acceptors (Lipinski definition) is 3. The van der Waals surface area contributed by atoms with Crippen molar-refractivity contribution in [1.29, 1.82) is 0 Å². The lowest BCUT2D eigenvalue weighted by atomic mass is 10.2. The molecule has 0 bridgehead atoms. The molecule has 1 fully saturated rings. The van der Waals surface area contributed by atoms with E-state index in [1.54, 1.807) is 0 Å². The molecule has 1 atom stereocenters. The van der Waals surface area contributed by atoms with Crippen LogP contribution in [0, 0.1) is 0 Å². The molecule has 2 aromatic rings. The zero-order valence-corrected chi connectivity index (χ0v) is 9.91. The van der Waals surface area contributed by atoms with Gasteiger partial charge in [-0.2, -0.15) is 0 Å². The average molecular weight is 233 g/mol. The molecule has 1 aromatic carbocycles. The van der Waals surface area contributed by atoms with Crippen molar-refractivity contribution in [2.24, 2.45) is 0 Å². The molecule has 3 heteroatoms. The Morgan fingerprint density at radius 2 is 2.25 bits per heavy atom. The number of aliphatic hydroxyl groups excluding tert-OH is 1. The Labute approximate surface area is 99.1 Å². The zero-order chi connectivity index (χ0) is 11.0. The van der Waals surface area contributed by atoms with E-state index >= 15 is 0 Å². The van der Waals surface area contributed by atoms with Crippen LogP contribution in [0.3, 0.4) is 0 Å². The van der Waals surface area contributed by atoms with E-state index in [9.17, 15) is 5.11 Å². The van der Waals surface area contributed by atoms with Gasteiger partial charge in [0.25, 0.3) is 0 Å². The highest BCUT2D eigenvalue weighted by Gasteiger charge is 2.20. The monoisotopic (exact) mass is 233 g/mol. The van der Waals surface area contributed by atoms with Crippen molar-refractivity contribution in [1.82, 2.24) is 4.90 Å². The first-order valence-corrected chi connectivity index (χ1v) is 6.51. The van der Waals surface area contributed by atoms with Gasteiger partial charge in [0.2, 0.25) is 0 Å². The van der Waals surface area contributed by atoms with Gasteiger partial charge in [0.05, 0.1) is 6.10 Å². The lowest BCUT2D eigenvalue weighted by Crippen LogP contribution is -2.20. The van der Waals surface area contributed by atoms with Crippen LogP contribution < -0.4 is 0 Å². The van der Waals surface area contributed by atoms with Crippen molar-refractivity contribution >= 4 is 21.4 Å². The Morgan fingerprint density at radius 1 is 1.38 bits per heavy atom. The molecule has 3 rings (SSSR count). The minimum atomic E-state index is -0.116. The molecule has 84 valence electrons. The van der Waals surface area contributed by atoms with Crippen molar-refractivity contribution in [2.45, 2.75) is 19.1 Å². The topological polar surface area (TPSA) is 23.5 Å². The fourth-order valence-corrected chi connectivity index (χ4v) is 3.40. The van der Waals surface area contributed by atoms with Crippen LogP contribution in [0.15, 0.2) is 30.3 Å². The number of β-amino-alcohol motifs (C(OH)–C–C–N with tert-alkyl or cyclic N) is 1. The molecule has 0 aliphatic carbocycles. The third-order valence-electron chi connectivity index (χ3n) is 3.10. The maximum absolute atomic E-state index is 9.48. The number of thiophene rings is 1. The first-order valence-electron chi connectivity index (χ1n) is 5.69. The lowest BCUT2D eigenvalue weighted by Gasteiger charge is -2.12. The number of hydrogen-bond donors (Lipinski definition) is 1. The Hall–Kier alpha value is -0.900.